The molecule has 0 aliphatic heterocycles. The molecule has 0 aromatic heterocycles. The highest BCUT2D eigenvalue weighted by atomic mass is 19.1. The van der Waals surface area contributed by atoms with Gasteiger partial charge in [-0.25, -0.2) is 4.39 Å². The maximum Gasteiger partial charge on any atom is 0.278 e. The Morgan fingerprint density at radius 1 is 0.933 bits per heavy atom. The van der Waals surface area contributed by atoms with E-state index in [1.807, 2.05) is 6.07 Å². The lowest BCUT2D eigenvalue weighted by molar-refractivity contribution is -0.124. The molecule has 3 aromatic rings. The third kappa shape index (κ3) is 5.44. The lowest BCUT2D eigenvalue weighted by Crippen LogP contribution is -2.38. The van der Waals surface area contributed by atoms with Gasteiger partial charge in [-0.3, -0.25) is 4.79 Å². The summed E-state index contributed by atoms with van der Waals surface area (Å²) in [6, 6.07) is 20.4. The van der Waals surface area contributed by atoms with Crippen LogP contribution in [0.15, 0.2) is 84.9 Å². The van der Waals surface area contributed by atoms with E-state index >= 15 is 0 Å². The first-order valence-electron chi connectivity index (χ1n) is 9.33. The number of carbonyl (C=O) groups excluding carboxylic acids is 1. The number of amides is 1. The lowest BCUT2D eigenvalue weighted by atomic mass is 10.2. The Labute approximate surface area is 174 Å². The molecule has 3 aromatic carbocycles. The molecular weight excluding hydrogens is 388 g/mol. The van der Waals surface area contributed by atoms with Crippen LogP contribution in [0.1, 0.15) is 12.5 Å². The fourth-order valence-corrected chi connectivity index (χ4v) is 2.78. The van der Waals surface area contributed by atoms with Crippen LogP contribution in [-0.4, -0.2) is 19.1 Å². The van der Waals surface area contributed by atoms with Gasteiger partial charge in [-0.15, -0.1) is 0 Å². The molecule has 0 heterocycles. The lowest BCUT2D eigenvalue weighted by Gasteiger charge is -2.22. The minimum absolute atomic E-state index is 0.169. The van der Waals surface area contributed by atoms with E-state index in [1.54, 1.807) is 55.5 Å². The number of rotatable bonds is 7. The Kier molecular flexibility index (Phi) is 6.80. The highest BCUT2D eigenvalue weighted by Gasteiger charge is 2.22. The molecule has 0 aliphatic carbocycles. The number of halogens is 2. The number of anilines is 1. The summed E-state index contributed by atoms with van der Waals surface area (Å²) in [6.07, 6.45) is 0.431. The molecule has 0 bridgehead atoms. The Bertz CT molecular complexity index is 1020. The second-order valence-electron chi connectivity index (χ2n) is 6.54. The molecule has 0 spiro atoms. The van der Waals surface area contributed by atoms with Gasteiger partial charge in [0.2, 0.25) is 0 Å². The zero-order valence-corrected chi connectivity index (χ0v) is 16.6. The van der Waals surface area contributed by atoms with Crippen molar-refractivity contribution in [2.45, 2.75) is 13.0 Å². The maximum absolute atomic E-state index is 14.0. The molecule has 4 nitrogen and oxygen atoms in total. The van der Waals surface area contributed by atoms with E-state index in [0.717, 1.165) is 0 Å². The van der Waals surface area contributed by atoms with Gasteiger partial charge in [0.1, 0.15) is 17.3 Å². The van der Waals surface area contributed by atoms with E-state index in [-0.39, 0.29) is 11.4 Å². The van der Waals surface area contributed by atoms with Crippen LogP contribution < -0.4 is 14.4 Å². The summed E-state index contributed by atoms with van der Waals surface area (Å²) in [5.41, 5.74) is 0.851. The average molecular weight is 409 g/mol. The monoisotopic (exact) mass is 409 g/mol. The van der Waals surface area contributed by atoms with Crippen LogP contribution in [0.25, 0.3) is 6.08 Å². The number of benzene rings is 3. The molecule has 3 rings (SSSR count). The molecule has 30 heavy (non-hydrogen) atoms. The Balaban J connectivity index is 1.60. The SMILES string of the molecule is C[C@@H](Oc1ccc(OC(F)=Cc2ccccc2)cc1)C(=O)N(C)c1ccccc1F. The standard InChI is InChI=1S/C24H21F2NO3/c1-17(24(28)27(2)22-11-7-6-10-21(22)25)29-19-12-14-20(15-13-19)30-23(26)16-18-8-4-3-5-9-18/h3-17H,1-2H3/t17-/m1/s1. The van der Waals surface area contributed by atoms with E-state index < -0.39 is 23.8 Å². The van der Waals surface area contributed by atoms with Crippen molar-refractivity contribution < 1.29 is 23.0 Å². The van der Waals surface area contributed by atoms with Gasteiger partial charge in [0.25, 0.3) is 11.9 Å². The van der Waals surface area contributed by atoms with Crippen LogP contribution in [0.5, 0.6) is 11.5 Å². The normalized spacial score (nSPS) is 12.2. The van der Waals surface area contributed by atoms with Gasteiger partial charge in [-0.2, -0.15) is 4.39 Å². The highest BCUT2D eigenvalue weighted by molar-refractivity contribution is 5.96. The predicted octanol–water partition coefficient (Wildman–Crippen LogP) is 5.60. The number of para-hydroxylation sites is 1. The first-order valence-corrected chi connectivity index (χ1v) is 9.33. The van der Waals surface area contributed by atoms with Crippen molar-refractivity contribution in [1.29, 1.82) is 0 Å². The number of ether oxygens (including phenoxy) is 2. The Morgan fingerprint density at radius 2 is 1.53 bits per heavy atom. The molecule has 0 saturated carbocycles. The number of hydrogen-bond donors (Lipinski definition) is 0. The van der Waals surface area contributed by atoms with Gasteiger partial charge in [0, 0.05) is 13.1 Å². The number of hydrogen-bond acceptors (Lipinski definition) is 3. The second-order valence-corrected chi connectivity index (χ2v) is 6.54. The first-order chi connectivity index (χ1) is 14.4. The molecule has 6 heteroatoms. The molecule has 0 saturated heterocycles. The molecule has 0 aliphatic rings. The second kappa shape index (κ2) is 9.69. The summed E-state index contributed by atoms with van der Waals surface area (Å²) in [6.45, 7) is 1.58. The fourth-order valence-electron chi connectivity index (χ4n) is 2.78. The van der Waals surface area contributed by atoms with E-state index in [4.69, 9.17) is 9.47 Å². The molecular formula is C24H21F2NO3. The predicted molar refractivity (Wildman–Crippen MR) is 112 cm³/mol. The van der Waals surface area contributed by atoms with Crippen molar-refractivity contribution in [3.05, 3.63) is 96.3 Å². The number of carbonyl (C=O) groups is 1. The molecule has 0 fully saturated rings. The smallest absolute Gasteiger partial charge is 0.278 e. The third-order valence-corrected chi connectivity index (χ3v) is 4.32. The molecule has 1 amide bonds. The Hall–Kier alpha value is -3.67. The van der Waals surface area contributed by atoms with Crippen LogP contribution in [0.4, 0.5) is 14.5 Å². The third-order valence-electron chi connectivity index (χ3n) is 4.32. The van der Waals surface area contributed by atoms with E-state index in [1.165, 1.54) is 42.3 Å². The fraction of sp³-hybridized carbons (Fsp3) is 0.125. The summed E-state index contributed by atoms with van der Waals surface area (Å²) in [5.74, 6) is -0.211. The number of nitrogens with zero attached hydrogens (tertiary/aromatic N) is 1. The van der Waals surface area contributed by atoms with Crippen molar-refractivity contribution >= 4 is 17.7 Å². The minimum atomic E-state index is -0.851. The van der Waals surface area contributed by atoms with Crippen molar-refractivity contribution in [1.82, 2.24) is 0 Å². The molecule has 154 valence electrons. The summed E-state index contributed by atoms with van der Waals surface area (Å²) in [4.78, 5) is 13.7. The van der Waals surface area contributed by atoms with Gasteiger partial charge in [-0.1, -0.05) is 42.5 Å². The van der Waals surface area contributed by atoms with Crippen LogP contribution >= 0.6 is 0 Å². The zero-order valence-electron chi connectivity index (χ0n) is 16.6. The van der Waals surface area contributed by atoms with E-state index in [0.29, 0.717) is 11.3 Å². The van der Waals surface area contributed by atoms with Gasteiger partial charge >= 0.3 is 0 Å². The topological polar surface area (TPSA) is 38.8 Å². The van der Waals surface area contributed by atoms with Gasteiger partial charge in [0.05, 0.1) is 5.69 Å². The largest absolute Gasteiger partial charge is 0.481 e. The molecule has 0 unspecified atom stereocenters. The van der Waals surface area contributed by atoms with Crippen molar-refractivity contribution in [3.63, 3.8) is 0 Å². The summed E-state index contributed by atoms with van der Waals surface area (Å²) < 4.78 is 38.7. The summed E-state index contributed by atoms with van der Waals surface area (Å²) >= 11 is 0. The minimum Gasteiger partial charge on any atom is -0.481 e. The molecule has 1 atom stereocenters. The number of likely N-dealkylation sites (N-methyl/N-ethyl adjacent to an activating group) is 1. The van der Waals surface area contributed by atoms with Crippen LogP contribution in [0.3, 0.4) is 0 Å². The van der Waals surface area contributed by atoms with E-state index in [9.17, 15) is 13.6 Å². The van der Waals surface area contributed by atoms with Crippen LogP contribution in [0, 0.1) is 5.82 Å². The first kappa shape index (κ1) is 21.0. The Morgan fingerprint density at radius 3 is 2.20 bits per heavy atom. The van der Waals surface area contributed by atoms with Crippen molar-refractivity contribution in [2.24, 2.45) is 0 Å². The van der Waals surface area contributed by atoms with Gasteiger partial charge < -0.3 is 14.4 Å². The summed E-state index contributed by atoms with van der Waals surface area (Å²) in [5, 5.41) is 0. The quantitative estimate of drug-likeness (QED) is 0.477. The van der Waals surface area contributed by atoms with Crippen LogP contribution in [-0.2, 0) is 4.79 Å². The van der Waals surface area contributed by atoms with Crippen molar-refractivity contribution in [3.8, 4) is 11.5 Å². The molecule has 0 radical (unpaired) electrons. The zero-order chi connectivity index (χ0) is 21.5. The maximum atomic E-state index is 14.0. The average Bonchev–Trinajstić information content (AvgIpc) is 2.75. The van der Waals surface area contributed by atoms with Gasteiger partial charge in [0.15, 0.2) is 6.10 Å². The van der Waals surface area contributed by atoms with Crippen LogP contribution in [0.2, 0.25) is 0 Å². The van der Waals surface area contributed by atoms with Crippen molar-refractivity contribution in [2.75, 3.05) is 11.9 Å². The molecule has 0 N–H and O–H groups in total. The van der Waals surface area contributed by atoms with Gasteiger partial charge in [-0.05, 0) is 48.9 Å². The highest BCUT2D eigenvalue weighted by Crippen LogP contribution is 2.23. The summed E-state index contributed by atoms with van der Waals surface area (Å²) in [7, 11) is 1.49. The van der Waals surface area contributed by atoms with E-state index in [2.05, 4.69) is 0 Å².